The average Bonchev–Trinajstić information content (AvgIpc) is 1.63. The number of nitrogen functional groups attached to an aromatic ring is 1. The van der Waals surface area contributed by atoms with Crippen LogP contribution in [0.4, 0.5) is 17.1 Å². The minimum absolute atomic E-state index is 0.595. The first kappa shape index (κ1) is 82.0. The molecule has 3 aliphatic rings. The zero-order valence-electron chi connectivity index (χ0n) is 73.3. The van der Waals surface area contributed by atoms with Crippen molar-refractivity contribution in [2.45, 2.75) is 91.1 Å². The first-order chi connectivity index (χ1) is 65.4. The first-order valence-corrected chi connectivity index (χ1v) is 44.5. The molecule has 0 unspecified atom stereocenters. The van der Waals surface area contributed by atoms with Gasteiger partial charge in [-0.05, 0) is 151 Å². The number of aryl methyl sites for hydroxylation is 2. The van der Waals surface area contributed by atoms with Crippen molar-refractivity contribution in [3.63, 3.8) is 0 Å². The maximum absolute atomic E-state index is 5.89. The largest absolute Gasteiger partial charge is 0.397 e. The van der Waals surface area contributed by atoms with Crippen LogP contribution in [0.15, 0.2) is 204 Å². The summed E-state index contributed by atoms with van der Waals surface area (Å²) >= 11 is 0. The Morgan fingerprint density at radius 2 is 0.744 bits per heavy atom. The number of rotatable bonds is 18. The number of aromatic nitrogens is 32. The predicted molar refractivity (Wildman–Crippen MR) is 511 cm³/mol. The second-order valence-corrected chi connectivity index (χ2v) is 34.2. The van der Waals surface area contributed by atoms with E-state index in [-0.39, 0.29) is 0 Å². The molecule has 0 atom stereocenters. The summed E-state index contributed by atoms with van der Waals surface area (Å²) in [5.41, 5.74) is 35.0. The second kappa shape index (κ2) is 35.7. The number of hydrogen-bond acceptors (Lipinski definition) is 27. The zero-order valence-corrected chi connectivity index (χ0v) is 73.3. The first-order valence-electron chi connectivity index (χ1n) is 44.5. The number of nitrogens with zero attached hydrogens (tertiary/aromatic N) is 27. The second-order valence-electron chi connectivity index (χ2n) is 34.2. The van der Waals surface area contributed by atoms with Crippen LogP contribution < -0.4 is 20.9 Å². The van der Waals surface area contributed by atoms with Crippen molar-refractivity contribution in [3.05, 3.63) is 226 Å². The highest BCUT2D eigenvalue weighted by Gasteiger charge is 2.26. The summed E-state index contributed by atoms with van der Waals surface area (Å²) < 4.78 is 3.83. The van der Waals surface area contributed by atoms with Crippen molar-refractivity contribution < 1.29 is 0 Å². The van der Waals surface area contributed by atoms with Gasteiger partial charge in [0.2, 0.25) is 0 Å². The SMILES string of the molecule is CN(C)Cc1cncc(-c2cnc3n[nH]c(-c4nc5c(N6CCCCC6)cncc5[nH]4)c3c2)c1.Cc1cn(-c2cncc3[nH]c(-c4[nH]nc5ncc(-c6cccnc6)cc45)nc23)cn1.Cc1cn(-c2cncc3[nH]c(-c4[nH]nc5ncc(-c6cncc(N)c6)cc45)nc23)cn1.c1ncc(-c2cnc3n[nH]c(-c4nc5c(N6CCCCC6)cncc5[nH]4)c3c2)cc1CNCC1CCCC1. The van der Waals surface area contributed by atoms with E-state index < -0.39 is 0 Å². The number of H-pyrrole nitrogens is 8. The molecule has 0 aromatic carbocycles. The fraction of sp³-hybridized carbons (Fsp3) is 0.229. The van der Waals surface area contributed by atoms with Crippen LogP contribution in [0.25, 0.3) is 190 Å². The van der Waals surface area contributed by atoms with E-state index in [9.17, 15) is 0 Å². The van der Waals surface area contributed by atoms with E-state index in [1.54, 1.807) is 68.4 Å². The maximum atomic E-state index is 5.89. The highest BCUT2D eigenvalue weighted by atomic mass is 15.2. The molecule has 3 fully saturated rings. The van der Waals surface area contributed by atoms with Gasteiger partial charge in [0.05, 0.1) is 146 Å². The molecule has 2 saturated heterocycles. The van der Waals surface area contributed by atoms with Gasteiger partial charge in [0, 0.05) is 171 Å². The monoisotopic (exact) mass is 1760 g/mol. The number of pyridine rings is 12. The van der Waals surface area contributed by atoms with Gasteiger partial charge in [-0.3, -0.25) is 60.3 Å². The van der Waals surface area contributed by atoms with Crippen LogP contribution in [0.5, 0.6) is 0 Å². The van der Waals surface area contributed by atoms with E-state index in [4.69, 9.17) is 25.7 Å². The normalized spacial score (nSPS) is 13.8. The number of piperidine rings is 2. The van der Waals surface area contributed by atoms with Gasteiger partial charge in [-0.2, -0.15) is 20.4 Å². The van der Waals surface area contributed by atoms with Crippen molar-refractivity contribution in [1.82, 2.24) is 170 Å². The van der Waals surface area contributed by atoms with Gasteiger partial charge in [0.15, 0.2) is 45.9 Å². The van der Waals surface area contributed by atoms with Gasteiger partial charge in [-0.1, -0.05) is 18.9 Å². The number of hydrogen-bond donors (Lipinski definition) is 10. The highest BCUT2D eigenvalue weighted by molar-refractivity contribution is 6.00. The van der Waals surface area contributed by atoms with E-state index in [1.807, 2.05) is 134 Å². The molecular weight excluding hydrogens is 1670 g/mol. The minimum Gasteiger partial charge on any atom is -0.397 e. The Kier molecular flexibility index (Phi) is 22.0. The molecule has 22 aromatic rings. The third kappa shape index (κ3) is 16.9. The Labute approximate surface area is 758 Å². The Hall–Kier alpha value is -16.7. The standard InChI is InChI=1S/C29H33N9.C25H27N9.C21H16N10.C21H15N9/c1-4-8-38(9-5-1)25-18-32-17-24-27(25)35-29(34-24)26-23-11-22(16-33-28(23)37-36-26)21-10-20(14-31-15-21)13-30-12-19-6-2-3-7-19;1-33(2)15-16-8-17(11-26-10-16)18-9-19-22(31-32-24(19)28-12-18)25-29-20-13-27-14-21(23(20)30-25)34-6-4-3-5-7-34;1-11-9-31(10-26-11)17-8-24-7-16-19(17)28-21(27-16)18-15-3-13(5-25-20(15)30-29-18)12-2-14(22)6-23-4-12;1-12-10-30(11-25-12)17-9-23-8-16-19(17)27-21(26-16)18-15-5-14(7-24-20(15)29-28-18)13-3-2-4-22-6-13/h10-11,14-19,30H,1-9,12-13H2,(H,34,35)(H,33,36,37);8-14H,3-7,15H2,1-2H3,(H,29,30)(H,28,31,32);2-10H,22H2,1H3,(H,27,28)(H,25,29,30);2-11H,1H3,(H,26,27)(H,24,28,29). The topological polar surface area (TPSA) is 468 Å². The fourth-order valence-electron chi connectivity index (χ4n) is 17.9. The maximum Gasteiger partial charge on any atom is 0.181 e. The van der Waals surface area contributed by atoms with Crippen LogP contribution in [0.3, 0.4) is 0 Å². The van der Waals surface area contributed by atoms with Gasteiger partial charge in [-0.25, -0.2) is 49.8 Å². The molecule has 25 rings (SSSR count). The number of imidazole rings is 6. The third-order valence-electron chi connectivity index (χ3n) is 24.5. The van der Waals surface area contributed by atoms with Crippen molar-refractivity contribution in [1.29, 1.82) is 0 Å². The molecule has 11 N–H and O–H groups in total. The summed E-state index contributed by atoms with van der Waals surface area (Å²) in [5, 5.41) is 37.2. The molecule has 22 aromatic heterocycles. The molecule has 37 heteroatoms. The highest BCUT2D eigenvalue weighted by Crippen LogP contribution is 2.39. The molecular formula is C96H91N37. The van der Waals surface area contributed by atoms with Crippen LogP contribution in [0, 0.1) is 19.8 Å². The van der Waals surface area contributed by atoms with Crippen LogP contribution in [-0.4, -0.2) is 211 Å². The molecule has 37 nitrogen and oxygen atoms in total. The predicted octanol–water partition coefficient (Wildman–Crippen LogP) is 15.7. The van der Waals surface area contributed by atoms with Gasteiger partial charge in [-0.15, -0.1) is 0 Å². The minimum atomic E-state index is 0.595. The molecule has 0 radical (unpaired) electrons. The van der Waals surface area contributed by atoms with Crippen molar-refractivity contribution in [2.75, 3.05) is 62.4 Å². The molecule has 660 valence electrons. The Bertz CT molecular complexity index is 7950. The molecule has 0 amide bonds. The molecule has 24 heterocycles. The van der Waals surface area contributed by atoms with Crippen LogP contribution in [0.2, 0.25) is 0 Å². The lowest BCUT2D eigenvalue weighted by Gasteiger charge is -2.28. The molecule has 133 heavy (non-hydrogen) atoms. The van der Waals surface area contributed by atoms with Gasteiger partial charge >= 0.3 is 0 Å². The fourth-order valence-corrected chi connectivity index (χ4v) is 17.9. The Balaban J connectivity index is 0.000000104. The van der Waals surface area contributed by atoms with Crippen LogP contribution in [0.1, 0.15) is 86.7 Å². The molecule has 2 aliphatic heterocycles. The van der Waals surface area contributed by atoms with Gasteiger partial charge < -0.3 is 54.8 Å². The van der Waals surface area contributed by atoms with E-state index >= 15 is 0 Å². The van der Waals surface area contributed by atoms with E-state index in [0.717, 1.165) is 236 Å². The van der Waals surface area contributed by atoms with Crippen molar-refractivity contribution in [3.8, 4) is 102 Å². The van der Waals surface area contributed by atoms with E-state index in [1.165, 1.54) is 69.8 Å². The zero-order chi connectivity index (χ0) is 89.4. The Morgan fingerprint density at radius 3 is 1.14 bits per heavy atom. The van der Waals surface area contributed by atoms with Gasteiger partial charge in [0.25, 0.3) is 0 Å². The third-order valence-corrected chi connectivity index (χ3v) is 24.5. The van der Waals surface area contributed by atoms with E-state index in [0.29, 0.717) is 39.9 Å². The van der Waals surface area contributed by atoms with Crippen molar-refractivity contribution in [2.24, 2.45) is 5.92 Å². The van der Waals surface area contributed by atoms with Gasteiger partial charge in [0.1, 0.15) is 44.8 Å². The average molecular weight is 1760 g/mol. The lowest BCUT2D eigenvalue weighted by atomic mass is 10.1. The van der Waals surface area contributed by atoms with E-state index in [2.05, 4.69) is 189 Å². The molecule has 0 spiro atoms. The summed E-state index contributed by atoms with van der Waals surface area (Å²) in [5.74, 6) is 3.62. The van der Waals surface area contributed by atoms with Crippen LogP contribution in [-0.2, 0) is 13.1 Å². The molecule has 0 bridgehead atoms. The number of nitrogens with two attached hydrogens (primary N) is 1. The summed E-state index contributed by atoms with van der Waals surface area (Å²) in [7, 11) is 4.11. The smallest absolute Gasteiger partial charge is 0.181 e. The summed E-state index contributed by atoms with van der Waals surface area (Å²) in [6.45, 7) is 10.8. The lowest BCUT2D eigenvalue weighted by Crippen LogP contribution is -2.29. The molecule has 1 saturated carbocycles. The lowest BCUT2D eigenvalue weighted by molar-refractivity contribution is 0.402. The molecule has 1 aliphatic carbocycles. The summed E-state index contributed by atoms with van der Waals surface area (Å²) in [4.78, 5) is 102. The van der Waals surface area contributed by atoms with Crippen LogP contribution >= 0.6 is 0 Å². The number of nitrogens with one attached hydrogen (secondary N) is 9. The Morgan fingerprint density at radius 1 is 0.376 bits per heavy atom. The van der Waals surface area contributed by atoms with Crippen molar-refractivity contribution >= 4 is 105 Å². The number of fused-ring (bicyclic) bond motifs is 8. The quantitative estimate of drug-likeness (QED) is 0.0381. The summed E-state index contributed by atoms with van der Waals surface area (Å²) in [6, 6.07) is 18.4. The summed E-state index contributed by atoms with van der Waals surface area (Å²) in [6.07, 6.45) is 56.7. The number of anilines is 3. The number of aromatic amines is 8.